The second kappa shape index (κ2) is 4.51. The van der Waals surface area contributed by atoms with Gasteiger partial charge in [-0.1, -0.05) is 12.1 Å². The molecule has 1 N–H and O–H groups in total. The van der Waals surface area contributed by atoms with Crippen molar-refractivity contribution in [3.8, 4) is 0 Å². The summed E-state index contributed by atoms with van der Waals surface area (Å²) in [5.41, 5.74) is 1.53. The summed E-state index contributed by atoms with van der Waals surface area (Å²) in [6.07, 6.45) is 0. The van der Waals surface area contributed by atoms with Gasteiger partial charge in [0, 0.05) is 18.6 Å². The van der Waals surface area contributed by atoms with Crippen molar-refractivity contribution in [3.63, 3.8) is 0 Å². The van der Waals surface area contributed by atoms with Crippen LogP contribution in [0.4, 0.5) is 5.69 Å². The third-order valence-corrected chi connectivity index (χ3v) is 4.40. The van der Waals surface area contributed by atoms with Gasteiger partial charge in [0.1, 0.15) is 0 Å². The number of anilines is 1. The smallest absolute Gasteiger partial charge is 0.270 e. The summed E-state index contributed by atoms with van der Waals surface area (Å²) in [6, 6.07) is 5.41. The fourth-order valence-electron chi connectivity index (χ4n) is 0.956. The normalized spacial score (nSPS) is 11.8. The molecule has 0 atom stereocenters. The van der Waals surface area contributed by atoms with Crippen molar-refractivity contribution >= 4 is 31.8 Å². The van der Waals surface area contributed by atoms with Crippen molar-refractivity contribution in [2.75, 3.05) is 18.8 Å². The van der Waals surface area contributed by atoms with Gasteiger partial charge in [-0.3, -0.25) is 4.72 Å². The third-order valence-electron chi connectivity index (χ3n) is 1.91. The van der Waals surface area contributed by atoms with Crippen molar-refractivity contribution in [2.24, 2.45) is 0 Å². The third kappa shape index (κ3) is 2.93. The van der Waals surface area contributed by atoms with Gasteiger partial charge in [-0.2, -0.15) is 12.7 Å². The number of halogens is 1. The topological polar surface area (TPSA) is 49.4 Å². The van der Waals surface area contributed by atoms with Crippen LogP contribution in [0.3, 0.4) is 0 Å². The first-order valence-electron chi connectivity index (χ1n) is 4.30. The Morgan fingerprint density at radius 1 is 1.33 bits per heavy atom. The van der Waals surface area contributed by atoms with E-state index >= 15 is 0 Å². The Balaban J connectivity index is 3.06. The van der Waals surface area contributed by atoms with E-state index in [0.717, 1.165) is 14.3 Å². The highest BCUT2D eigenvalue weighted by molar-refractivity contribution is 9.10. The molecule has 0 spiro atoms. The lowest BCUT2D eigenvalue weighted by atomic mass is 10.2. The largest absolute Gasteiger partial charge is 0.301 e. The van der Waals surface area contributed by atoms with E-state index in [2.05, 4.69) is 20.7 Å². The molecule has 15 heavy (non-hydrogen) atoms. The maximum atomic E-state index is 11.6. The van der Waals surface area contributed by atoms with Crippen LogP contribution in [0.15, 0.2) is 22.7 Å². The summed E-state index contributed by atoms with van der Waals surface area (Å²) in [5, 5.41) is 0. The summed E-state index contributed by atoms with van der Waals surface area (Å²) in [5.74, 6) is 0. The van der Waals surface area contributed by atoms with Gasteiger partial charge >= 0.3 is 10.2 Å². The molecule has 84 valence electrons. The van der Waals surface area contributed by atoms with E-state index in [1.807, 2.05) is 13.0 Å². The first-order valence-corrected chi connectivity index (χ1v) is 6.53. The molecule has 0 radical (unpaired) electrons. The molecule has 0 amide bonds. The summed E-state index contributed by atoms with van der Waals surface area (Å²) >= 11 is 3.34. The van der Waals surface area contributed by atoms with E-state index in [1.165, 1.54) is 14.1 Å². The van der Waals surface area contributed by atoms with Gasteiger partial charge in [0.25, 0.3) is 0 Å². The SMILES string of the molecule is Cc1cccc(NS(=O)(=O)N(C)C)c1Br. The molecular formula is C9H13BrN2O2S. The molecule has 0 fully saturated rings. The highest BCUT2D eigenvalue weighted by atomic mass is 79.9. The first kappa shape index (κ1) is 12.5. The van der Waals surface area contributed by atoms with E-state index in [1.54, 1.807) is 12.1 Å². The molecule has 1 aromatic carbocycles. The Labute approximate surface area is 98.6 Å². The zero-order valence-electron chi connectivity index (χ0n) is 8.78. The second-order valence-corrected chi connectivity index (χ2v) is 6.00. The van der Waals surface area contributed by atoms with E-state index in [0.29, 0.717) is 5.69 Å². The zero-order chi connectivity index (χ0) is 11.6. The fraction of sp³-hybridized carbons (Fsp3) is 0.333. The Morgan fingerprint density at radius 2 is 1.93 bits per heavy atom. The molecule has 0 aromatic heterocycles. The number of aryl methyl sites for hydroxylation is 1. The lowest BCUT2D eigenvalue weighted by molar-refractivity contribution is 0.527. The lowest BCUT2D eigenvalue weighted by Gasteiger charge is -2.15. The molecule has 0 saturated heterocycles. The number of rotatable bonds is 3. The van der Waals surface area contributed by atoms with Crippen LogP contribution in [0.1, 0.15) is 5.56 Å². The van der Waals surface area contributed by atoms with Crippen molar-refractivity contribution in [1.82, 2.24) is 4.31 Å². The van der Waals surface area contributed by atoms with Gasteiger partial charge in [-0.05, 0) is 34.5 Å². The van der Waals surface area contributed by atoms with Crippen molar-refractivity contribution in [2.45, 2.75) is 6.92 Å². The lowest BCUT2D eigenvalue weighted by Crippen LogP contribution is -2.29. The van der Waals surface area contributed by atoms with E-state index < -0.39 is 10.2 Å². The van der Waals surface area contributed by atoms with E-state index in [-0.39, 0.29) is 0 Å². The van der Waals surface area contributed by atoms with Crippen LogP contribution >= 0.6 is 15.9 Å². The van der Waals surface area contributed by atoms with Gasteiger partial charge in [-0.15, -0.1) is 0 Å². The fourth-order valence-corrected chi connectivity index (χ4v) is 2.08. The van der Waals surface area contributed by atoms with Crippen molar-refractivity contribution in [3.05, 3.63) is 28.2 Å². The molecule has 6 heteroatoms. The van der Waals surface area contributed by atoms with E-state index in [4.69, 9.17) is 0 Å². The molecular weight excluding hydrogens is 280 g/mol. The quantitative estimate of drug-likeness (QED) is 0.926. The van der Waals surface area contributed by atoms with Crippen LogP contribution in [0.5, 0.6) is 0 Å². The van der Waals surface area contributed by atoms with Gasteiger partial charge in [0.2, 0.25) is 0 Å². The maximum Gasteiger partial charge on any atom is 0.301 e. The van der Waals surface area contributed by atoms with Crippen molar-refractivity contribution in [1.29, 1.82) is 0 Å². The minimum absolute atomic E-state index is 0.545. The number of hydrogen-bond acceptors (Lipinski definition) is 2. The number of hydrogen-bond donors (Lipinski definition) is 1. The van der Waals surface area contributed by atoms with Crippen LogP contribution in [-0.2, 0) is 10.2 Å². The monoisotopic (exact) mass is 292 g/mol. The van der Waals surface area contributed by atoms with Crippen LogP contribution < -0.4 is 4.72 Å². The average molecular weight is 293 g/mol. The molecule has 0 aliphatic carbocycles. The summed E-state index contributed by atoms with van der Waals surface area (Å²) < 4.78 is 27.5. The van der Waals surface area contributed by atoms with Gasteiger partial charge in [0.15, 0.2) is 0 Å². The average Bonchev–Trinajstić information content (AvgIpc) is 2.12. The second-order valence-electron chi connectivity index (χ2n) is 3.33. The van der Waals surface area contributed by atoms with E-state index in [9.17, 15) is 8.42 Å². The molecule has 4 nitrogen and oxygen atoms in total. The zero-order valence-corrected chi connectivity index (χ0v) is 11.2. The standard InChI is InChI=1S/C9H13BrN2O2S/c1-7-5-4-6-8(9(7)10)11-15(13,14)12(2)3/h4-6,11H,1-3H3. The Kier molecular flexibility index (Phi) is 3.75. The van der Waals surface area contributed by atoms with Gasteiger partial charge in [-0.25, -0.2) is 0 Å². The Morgan fingerprint density at radius 3 is 2.47 bits per heavy atom. The molecule has 0 unspecified atom stereocenters. The predicted molar refractivity (Wildman–Crippen MR) is 65.1 cm³/mol. The maximum absolute atomic E-state index is 11.6. The van der Waals surface area contributed by atoms with Crippen LogP contribution in [0.25, 0.3) is 0 Å². The summed E-state index contributed by atoms with van der Waals surface area (Å²) in [7, 11) is -0.481. The van der Waals surface area contributed by atoms with Crippen molar-refractivity contribution < 1.29 is 8.42 Å². The Bertz CT molecular complexity index is 457. The molecule has 0 saturated carbocycles. The predicted octanol–water partition coefficient (Wildman–Crippen LogP) is 1.98. The molecule has 0 bridgehead atoms. The van der Waals surface area contributed by atoms with Crippen LogP contribution in [0.2, 0.25) is 0 Å². The number of nitrogens with zero attached hydrogens (tertiary/aromatic N) is 1. The highest BCUT2D eigenvalue weighted by Gasteiger charge is 2.14. The number of nitrogens with one attached hydrogen (secondary N) is 1. The first-order chi connectivity index (χ1) is 6.84. The summed E-state index contributed by atoms with van der Waals surface area (Å²) in [4.78, 5) is 0. The van der Waals surface area contributed by atoms with Crippen LogP contribution in [-0.4, -0.2) is 26.8 Å². The molecule has 1 rings (SSSR count). The minimum Gasteiger partial charge on any atom is -0.270 e. The molecule has 0 aliphatic heterocycles. The molecule has 1 aromatic rings. The summed E-state index contributed by atoms with van der Waals surface area (Å²) in [6.45, 7) is 1.90. The molecule has 0 aliphatic rings. The number of benzene rings is 1. The van der Waals surface area contributed by atoms with Gasteiger partial charge < -0.3 is 0 Å². The van der Waals surface area contributed by atoms with Crippen LogP contribution in [0, 0.1) is 6.92 Å². The molecule has 0 heterocycles. The highest BCUT2D eigenvalue weighted by Crippen LogP contribution is 2.26. The Hall–Kier alpha value is -0.590. The van der Waals surface area contributed by atoms with Gasteiger partial charge in [0.05, 0.1) is 5.69 Å². The minimum atomic E-state index is -3.44.